The summed E-state index contributed by atoms with van der Waals surface area (Å²) in [5, 5.41) is 10.6. The third kappa shape index (κ3) is 68.0. The lowest BCUT2D eigenvalue weighted by Gasteiger charge is -2.21. The van der Waals surface area contributed by atoms with E-state index in [0.717, 1.165) is 128 Å². The summed E-state index contributed by atoms with van der Waals surface area (Å²) in [5.41, 5.74) is 0. The first kappa shape index (κ1) is 91.5. The number of carbonyl (C=O) groups excluding carboxylic acids is 4. The van der Waals surface area contributed by atoms with Crippen molar-refractivity contribution in [3.8, 4) is 0 Å². The Labute approximate surface area is 581 Å². The molecule has 0 aliphatic rings. The van der Waals surface area contributed by atoms with E-state index in [9.17, 15) is 43.2 Å². The number of carbonyl (C=O) groups is 4. The van der Waals surface area contributed by atoms with Gasteiger partial charge in [-0.05, 0) is 116 Å². The fourth-order valence-corrected chi connectivity index (χ4v) is 11.0. The van der Waals surface area contributed by atoms with Crippen molar-refractivity contribution in [2.24, 2.45) is 0 Å². The van der Waals surface area contributed by atoms with Gasteiger partial charge >= 0.3 is 39.5 Å². The Morgan fingerprint density at radius 2 is 0.583 bits per heavy atom. The monoisotopic (exact) mass is 1390 g/mol. The van der Waals surface area contributed by atoms with E-state index in [1.54, 1.807) is 6.08 Å². The molecule has 0 aliphatic heterocycles. The average Bonchev–Trinajstić information content (AvgIpc) is 1.09. The van der Waals surface area contributed by atoms with Gasteiger partial charge in [0.15, 0.2) is 12.2 Å². The van der Waals surface area contributed by atoms with Crippen molar-refractivity contribution in [3.05, 3.63) is 122 Å². The van der Waals surface area contributed by atoms with E-state index in [1.165, 1.54) is 77.0 Å². The molecule has 0 aromatic carbocycles. The van der Waals surface area contributed by atoms with Crippen LogP contribution < -0.4 is 0 Å². The topological polar surface area (TPSA) is 237 Å². The molecular formula is C77H130O17P2. The van der Waals surface area contributed by atoms with Crippen LogP contribution in [0.4, 0.5) is 0 Å². The molecule has 17 nitrogen and oxygen atoms in total. The summed E-state index contributed by atoms with van der Waals surface area (Å²) in [5.74, 6) is -2.38. The molecule has 0 rings (SSSR count). The fraction of sp³-hybridized carbons (Fsp3) is 0.688. The van der Waals surface area contributed by atoms with Crippen LogP contribution in [-0.2, 0) is 65.4 Å². The molecule has 0 aromatic heterocycles. The largest absolute Gasteiger partial charge is 0.472 e. The summed E-state index contributed by atoms with van der Waals surface area (Å²) >= 11 is 0. The van der Waals surface area contributed by atoms with Crippen molar-refractivity contribution < 1.29 is 80.2 Å². The summed E-state index contributed by atoms with van der Waals surface area (Å²) in [6, 6.07) is 0. The highest BCUT2D eigenvalue weighted by atomic mass is 31.2. The fourth-order valence-electron chi connectivity index (χ4n) is 9.40. The van der Waals surface area contributed by atoms with Crippen molar-refractivity contribution >= 4 is 39.5 Å². The van der Waals surface area contributed by atoms with Crippen molar-refractivity contribution in [2.75, 3.05) is 39.6 Å². The second-order valence-electron chi connectivity index (χ2n) is 24.1. The maximum atomic E-state index is 13.0. The van der Waals surface area contributed by atoms with Gasteiger partial charge in [-0.3, -0.25) is 37.3 Å². The van der Waals surface area contributed by atoms with Crippen LogP contribution in [0, 0.1) is 0 Å². The smallest absolute Gasteiger partial charge is 0.462 e. The van der Waals surface area contributed by atoms with Crippen LogP contribution in [0.5, 0.6) is 0 Å². The van der Waals surface area contributed by atoms with Crippen molar-refractivity contribution in [3.63, 3.8) is 0 Å². The van der Waals surface area contributed by atoms with Crippen LogP contribution in [0.25, 0.3) is 0 Å². The number of unbranched alkanes of at least 4 members (excludes halogenated alkanes) is 23. The second-order valence-corrected chi connectivity index (χ2v) is 27.0. The molecule has 5 atom stereocenters. The minimum atomic E-state index is -5.00. The van der Waals surface area contributed by atoms with Crippen LogP contribution in [0.1, 0.15) is 285 Å². The minimum absolute atomic E-state index is 0.0634. The number of ether oxygens (including phenoxy) is 4. The quantitative estimate of drug-likeness (QED) is 0.0169. The molecule has 0 heterocycles. The van der Waals surface area contributed by atoms with Gasteiger partial charge in [0.2, 0.25) is 0 Å². The van der Waals surface area contributed by atoms with Gasteiger partial charge in [0.1, 0.15) is 19.3 Å². The Kier molecular flexibility index (Phi) is 65.7. The summed E-state index contributed by atoms with van der Waals surface area (Å²) in [4.78, 5) is 72.6. The summed E-state index contributed by atoms with van der Waals surface area (Å²) in [6.07, 6.45) is 73.8. The number of rotatable bonds is 68. The molecule has 0 radical (unpaired) electrons. The molecule has 0 spiro atoms. The van der Waals surface area contributed by atoms with E-state index in [0.29, 0.717) is 25.7 Å². The lowest BCUT2D eigenvalue weighted by atomic mass is 10.1. The zero-order valence-corrected chi connectivity index (χ0v) is 61.5. The molecular weight excluding hydrogens is 1260 g/mol. The molecule has 0 saturated carbocycles. The molecule has 96 heavy (non-hydrogen) atoms. The van der Waals surface area contributed by atoms with E-state index in [-0.39, 0.29) is 25.7 Å². The van der Waals surface area contributed by atoms with E-state index in [2.05, 4.69) is 125 Å². The van der Waals surface area contributed by atoms with Gasteiger partial charge in [0.25, 0.3) is 0 Å². The number of esters is 4. The first-order valence-corrected chi connectivity index (χ1v) is 39.8. The molecule has 0 bridgehead atoms. The van der Waals surface area contributed by atoms with Gasteiger partial charge in [-0.25, -0.2) is 9.13 Å². The Hall–Kier alpha value is -4.54. The van der Waals surface area contributed by atoms with Crippen LogP contribution in [-0.4, -0.2) is 96.7 Å². The van der Waals surface area contributed by atoms with Crippen molar-refractivity contribution in [2.45, 2.75) is 303 Å². The molecule has 550 valence electrons. The van der Waals surface area contributed by atoms with Crippen LogP contribution >= 0.6 is 15.6 Å². The Morgan fingerprint density at radius 1 is 0.312 bits per heavy atom. The highest BCUT2D eigenvalue weighted by Gasteiger charge is 2.30. The van der Waals surface area contributed by atoms with Gasteiger partial charge in [-0.1, -0.05) is 265 Å². The van der Waals surface area contributed by atoms with Gasteiger partial charge < -0.3 is 33.8 Å². The summed E-state index contributed by atoms with van der Waals surface area (Å²) < 4.78 is 68.2. The number of hydrogen-bond acceptors (Lipinski definition) is 15. The van der Waals surface area contributed by atoms with E-state index >= 15 is 0 Å². The van der Waals surface area contributed by atoms with E-state index in [1.807, 2.05) is 18.2 Å². The molecule has 3 N–H and O–H groups in total. The third-order valence-electron chi connectivity index (χ3n) is 15.0. The number of allylic oxidation sites excluding steroid dienone is 19. The molecule has 0 aromatic rings. The molecule has 19 heteroatoms. The lowest BCUT2D eigenvalue weighted by Crippen LogP contribution is -2.30. The predicted octanol–water partition coefficient (Wildman–Crippen LogP) is 20.8. The van der Waals surface area contributed by atoms with Gasteiger partial charge in [0, 0.05) is 19.3 Å². The van der Waals surface area contributed by atoms with E-state index in [4.69, 9.17) is 37.0 Å². The maximum Gasteiger partial charge on any atom is 0.472 e. The Bertz CT molecular complexity index is 2300. The summed E-state index contributed by atoms with van der Waals surface area (Å²) in [6.45, 7) is 4.45. The van der Waals surface area contributed by atoms with Gasteiger partial charge in [-0.2, -0.15) is 0 Å². The van der Waals surface area contributed by atoms with Crippen LogP contribution in [0.3, 0.4) is 0 Å². The van der Waals surface area contributed by atoms with Crippen molar-refractivity contribution in [1.82, 2.24) is 0 Å². The molecule has 0 fully saturated rings. The average molecular weight is 1390 g/mol. The van der Waals surface area contributed by atoms with Crippen molar-refractivity contribution in [1.29, 1.82) is 0 Å². The predicted molar refractivity (Wildman–Crippen MR) is 390 cm³/mol. The minimum Gasteiger partial charge on any atom is -0.462 e. The number of phosphoric ester groups is 2. The highest BCUT2D eigenvalue weighted by Crippen LogP contribution is 2.45. The summed E-state index contributed by atoms with van der Waals surface area (Å²) in [7, 11) is -9.98. The third-order valence-corrected chi connectivity index (χ3v) is 16.9. The number of aliphatic hydroxyl groups is 1. The standard InChI is InChI=1S/C77H130O17P2/c1-5-9-13-17-21-25-29-32-35-38-42-45-49-53-57-61-74(79)87-67-72(93-76(81)63-59-55-51-47-41-28-24-20-16-12-8-4)69-91-95(83,84)89-65-71(78)66-90-96(85,86)92-70-73(94-77(82)64-60-56-52-48-44-40-37-34-31-27-23-19-15-11-7-3)68-88-75(80)62-58-54-50-46-43-39-36-33-30-26-22-18-14-10-6-2/h9-10,13-14,21-22,25-26,32-37,42-43,45-46,54,58,71-73,78H,5-8,11-12,15-20,23-24,27-31,38-41,44,47-53,55-57,59-70H2,1-4H3,(H,83,84)(H,85,86)/b13-9-,14-10-,25-21-,26-22-,35-32-,36-33-,37-34-,45-42-,46-43-,58-54-. The maximum absolute atomic E-state index is 13.0. The van der Waals surface area contributed by atoms with E-state index < -0.39 is 97.5 Å². The second kappa shape index (κ2) is 69.0. The molecule has 5 unspecified atom stereocenters. The molecule has 0 saturated heterocycles. The first-order chi connectivity index (χ1) is 46.7. The number of phosphoric acid groups is 2. The normalized spacial score (nSPS) is 14.7. The van der Waals surface area contributed by atoms with Crippen LogP contribution in [0.15, 0.2) is 122 Å². The molecule has 0 amide bonds. The number of hydrogen-bond donors (Lipinski definition) is 3. The SMILES string of the molecule is CC/C=C\C/C=C\C/C=C\C/C=C\C/C=C\CC(=O)OCC(COP(=O)(O)OCC(O)COP(=O)(O)OCC(COC(=O)CCCC/C=C\C/C=C\C/C=C\C/C=C\CC)OC(=O)CCCCCCCCCCCCC)OC(=O)CCCCCCC/C=C\CCCCCCCC. The first-order valence-electron chi connectivity index (χ1n) is 36.8. The zero-order chi connectivity index (χ0) is 70.4. The zero-order valence-electron chi connectivity index (χ0n) is 59.8. The number of aliphatic hydroxyl groups excluding tert-OH is 1. The molecule has 0 aliphatic carbocycles. The lowest BCUT2D eigenvalue weighted by molar-refractivity contribution is -0.161. The van der Waals surface area contributed by atoms with Gasteiger partial charge in [-0.15, -0.1) is 0 Å². The van der Waals surface area contributed by atoms with Crippen LogP contribution in [0.2, 0.25) is 0 Å². The highest BCUT2D eigenvalue weighted by molar-refractivity contribution is 7.47. The Morgan fingerprint density at radius 3 is 0.958 bits per heavy atom. The Balaban J connectivity index is 5.43. The van der Waals surface area contributed by atoms with Gasteiger partial charge in [0.05, 0.1) is 32.8 Å².